The summed E-state index contributed by atoms with van der Waals surface area (Å²) in [5.74, 6) is -2.41. The van der Waals surface area contributed by atoms with Gasteiger partial charge in [-0.15, -0.1) is 0 Å². The lowest BCUT2D eigenvalue weighted by Crippen LogP contribution is -2.58. The van der Waals surface area contributed by atoms with E-state index in [1.807, 2.05) is 65.8 Å². The number of carbonyl (C=O) groups is 4. The number of aliphatic carboxylic acids is 1. The Morgan fingerprint density at radius 2 is 1.28 bits per heavy atom. The van der Waals surface area contributed by atoms with Gasteiger partial charge in [0.25, 0.3) is 0 Å². The first-order valence-corrected chi connectivity index (χ1v) is 13.7. The van der Waals surface area contributed by atoms with Crippen LogP contribution in [-0.4, -0.2) is 57.9 Å². The minimum absolute atomic E-state index is 0.0375. The molecule has 4 unspecified atom stereocenters. The van der Waals surface area contributed by atoms with E-state index in [2.05, 4.69) is 20.9 Å². The Hall–Kier alpha value is -3.40. The summed E-state index contributed by atoms with van der Waals surface area (Å²) in [6.07, 6.45) is 2.99. The Bertz CT molecular complexity index is 1130. The number of hydrogen-bond acceptors (Lipinski definition) is 5. The van der Waals surface area contributed by atoms with Crippen molar-refractivity contribution in [2.45, 2.75) is 91.4 Å². The molecule has 39 heavy (non-hydrogen) atoms. The van der Waals surface area contributed by atoms with Gasteiger partial charge >= 0.3 is 5.97 Å². The second-order valence-electron chi connectivity index (χ2n) is 11.6. The number of aromatic nitrogens is 1. The second kappa shape index (κ2) is 14.7. The molecular weight excluding hydrogens is 498 g/mol. The maximum atomic E-state index is 13.6. The first-order chi connectivity index (χ1) is 18.3. The molecule has 2 aromatic rings. The zero-order chi connectivity index (χ0) is 29.3. The van der Waals surface area contributed by atoms with Crippen LogP contribution in [0.5, 0.6) is 0 Å². The quantitative estimate of drug-likeness (QED) is 0.202. The van der Waals surface area contributed by atoms with Crippen LogP contribution in [0.15, 0.2) is 30.5 Å². The molecule has 1 aromatic heterocycles. The highest BCUT2D eigenvalue weighted by Gasteiger charge is 2.31. The average molecular weight is 544 g/mol. The first kappa shape index (κ1) is 31.8. The molecular formula is C29H45N5O5. The molecule has 1 aromatic carbocycles. The summed E-state index contributed by atoms with van der Waals surface area (Å²) in [7, 11) is 0. The van der Waals surface area contributed by atoms with E-state index in [0.29, 0.717) is 12.8 Å². The summed E-state index contributed by atoms with van der Waals surface area (Å²) in [6, 6.07) is 3.82. The molecule has 0 fully saturated rings. The fourth-order valence-electron chi connectivity index (χ4n) is 4.56. The highest BCUT2D eigenvalue weighted by Crippen LogP contribution is 2.20. The fourth-order valence-corrected chi connectivity index (χ4v) is 4.56. The first-order valence-electron chi connectivity index (χ1n) is 13.7. The van der Waals surface area contributed by atoms with Crippen LogP contribution in [0.4, 0.5) is 0 Å². The SMILES string of the molecule is CC(C)CC(N)C(=O)NC(Cc1c[nH]c2ccccc12)C(=O)NC(CC(C)C)C(=O)NC(CC(C)C)C(=O)O. The van der Waals surface area contributed by atoms with Gasteiger partial charge in [0.2, 0.25) is 17.7 Å². The molecule has 1 heterocycles. The monoisotopic (exact) mass is 543 g/mol. The summed E-state index contributed by atoms with van der Waals surface area (Å²) >= 11 is 0. The van der Waals surface area contributed by atoms with Crippen LogP contribution in [0.1, 0.15) is 66.4 Å². The molecule has 0 aliphatic carbocycles. The lowest BCUT2D eigenvalue weighted by molar-refractivity contribution is -0.143. The molecule has 216 valence electrons. The van der Waals surface area contributed by atoms with Gasteiger partial charge < -0.3 is 31.8 Å². The molecule has 0 spiro atoms. The predicted molar refractivity (Wildman–Crippen MR) is 152 cm³/mol. The third-order valence-corrected chi connectivity index (χ3v) is 6.46. The molecule has 0 saturated heterocycles. The summed E-state index contributed by atoms with van der Waals surface area (Å²) in [5.41, 5.74) is 7.83. The van der Waals surface area contributed by atoms with Crippen LogP contribution in [0.2, 0.25) is 0 Å². The highest BCUT2D eigenvalue weighted by molar-refractivity contribution is 5.94. The zero-order valence-corrected chi connectivity index (χ0v) is 23.9. The van der Waals surface area contributed by atoms with Crippen molar-refractivity contribution in [3.63, 3.8) is 0 Å². The standard InChI is InChI=1S/C29H45N5O5/c1-16(2)11-21(30)26(35)32-24(14-19-15-31-22-10-8-7-9-20(19)22)28(37)33-23(12-17(3)4)27(36)34-25(29(38)39)13-18(5)6/h7-10,15-18,21,23-25,31H,11-14,30H2,1-6H3,(H,32,35)(H,33,37)(H,34,36)(H,38,39). The largest absolute Gasteiger partial charge is 0.480 e. The van der Waals surface area contributed by atoms with Gasteiger partial charge in [0.05, 0.1) is 6.04 Å². The number of H-pyrrole nitrogens is 1. The third-order valence-electron chi connectivity index (χ3n) is 6.46. The van der Waals surface area contributed by atoms with Gasteiger partial charge in [0.15, 0.2) is 0 Å². The van der Waals surface area contributed by atoms with E-state index in [-0.39, 0.29) is 30.6 Å². The number of hydrogen-bond donors (Lipinski definition) is 6. The molecule has 10 heteroatoms. The number of carboxylic acids is 1. The number of amides is 3. The van der Waals surface area contributed by atoms with Gasteiger partial charge in [-0.1, -0.05) is 59.7 Å². The molecule has 0 saturated carbocycles. The highest BCUT2D eigenvalue weighted by atomic mass is 16.4. The maximum Gasteiger partial charge on any atom is 0.326 e. The normalized spacial score (nSPS) is 14.7. The Morgan fingerprint density at radius 1 is 0.769 bits per heavy atom. The van der Waals surface area contributed by atoms with Crippen LogP contribution < -0.4 is 21.7 Å². The summed E-state index contributed by atoms with van der Waals surface area (Å²) < 4.78 is 0. The third kappa shape index (κ3) is 10.0. The summed E-state index contributed by atoms with van der Waals surface area (Å²) in [6.45, 7) is 11.5. The topological polar surface area (TPSA) is 166 Å². The van der Waals surface area contributed by atoms with Crippen molar-refractivity contribution in [3.8, 4) is 0 Å². The molecule has 0 aliphatic rings. The van der Waals surface area contributed by atoms with Crippen molar-refractivity contribution in [2.24, 2.45) is 23.5 Å². The Labute approximate surface area is 230 Å². The minimum Gasteiger partial charge on any atom is -0.480 e. The number of nitrogens with two attached hydrogens (primary N) is 1. The van der Waals surface area contributed by atoms with Crippen molar-refractivity contribution in [3.05, 3.63) is 36.0 Å². The van der Waals surface area contributed by atoms with Crippen LogP contribution in [0.25, 0.3) is 10.9 Å². The summed E-state index contributed by atoms with van der Waals surface area (Å²) in [4.78, 5) is 54.6. The number of fused-ring (bicyclic) bond motifs is 1. The van der Waals surface area contributed by atoms with Gasteiger partial charge in [0.1, 0.15) is 18.1 Å². The zero-order valence-electron chi connectivity index (χ0n) is 23.9. The Balaban J connectivity index is 2.30. The van der Waals surface area contributed by atoms with Gasteiger partial charge in [0, 0.05) is 23.5 Å². The number of aromatic amines is 1. The number of rotatable bonds is 15. The van der Waals surface area contributed by atoms with E-state index in [9.17, 15) is 24.3 Å². The van der Waals surface area contributed by atoms with Gasteiger partial charge in [-0.2, -0.15) is 0 Å². The fraction of sp³-hybridized carbons (Fsp3) is 0.586. The smallest absolute Gasteiger partial charge is 0.326 e. The molecule has 2 rings (SSSR count). The number of benzene rings is 1. The van der Waals surface area contributed by atoms with Gasteiger partial charge in [-0.25, -0.2) is 4.79 Å². The van der Waals surface area contributed by atoms with E-state index >= 15 is 0 Å². The molecule has 3 amide bonds. The summed E-state index contributed by atoms with van der Waals surface area (Å²) in [5, 5.41) is 18.7. The molecule has 10 nitrogen and oxygen atoms in total. The van der Waals surface area contributed by atoms with Crippen molar-refractivity contribution < 1.29 is 24.3 Å². The van der Waals surface area contributed by atoms with E-state index in [0.717, 1.165) is 16.5 Å². The van der Waals surface area contributed by atoms with E-state index in [1.165, 1.54) is 0 Å². The van der Waals surface area contributed by atoms with E-state index < -0.39 is 47.9 Å². The number of nitrogens with one attached hydrogen (secondary N) is 4. The Morgan fingerprint density at radius 3 is 1.87 bits per heavy atom. The molecule has 0 bridgehead atoms. The van der Waals surface area contributed by atoms with Gasteiger partial charge in [-0.05, 0) is 48.6 Å². The van der Waals surface area contributed by atoms with Crippen molar-refractivity contribution in [1.82, 2.24) is 20.9 Å². The number of carboxylic acid groups (broad SMARTS) is 1. The predicted octanol–water partition coefficient (Wildman–Crippen LogP) is 2.72. The average Bonchev–Trinajstić information content (AvgIpc) is 3.24. The van der Waals surface area contributed by atoms with Crippen LogP contribution in [0.3, 0.4) is 0 Å². The van der Waals surface area contributed by atoms with Gasteiger partial charge in [-0.3, -0.25) is 14.4 Å². The van der Waals surface area contributed by atoms with Crippen molar-refractivity contribution >= 4 is 34.6 Å². The minimum atomic E-state index is -1.13. The van der Waals surface area contributed by atoms with E-state index in [1.54, 1.807) is 6.20 Å². The van der Waals surface area contributed by atoms with E-state index in [4.69, 9.17) is 5.73 Å². The van der Waals surface area contributed by atoms with Crippen molar-refractivity contribution in [2.75, 3.05) is 0 Å². The Kier molecular flexibility index (Phi) is 12.0. The molecule has 4 atom stereocenters. The second-order valence-corrected chi connectivity index (χ2v) is 11.6. The molecule has 7 N–H and O–H groups in total. The van der Waals surface area contributed by atoms with Crippen molar-refractivity contribution in [1.29, 1.82) is 0 Å². The number of para-hydroxylation sites is 1. The van der Waals surface area contributed by atoms with Crippen LogP contribution in [0, 0.1) is 17.8 Å². The lowest BCUT2D eigenvalue weighted by Gasteiger charge is -2.26. The van der Waals surface area contributed by atoms with Crippen LogP contribution in [-0.2, 0) is 25.6 Å². The maximum absolute atomic E-state index is 13.6. The molecule has 0 radical (unpaired) electrons. The van der Waals surface area contributed by atoms with Crippen LogP contribution >= 0.6 is 0 Å². The number of carbonyl (C=O) groups excluding carboxylic acids is 3. The lowest BCUT2D eigenvalue weighted by atomic mass is 9.99. The molecule has 0 aliphatic heterocycles.